The van der Waals surface area contributed by atoms with Crippen LogP contribution in [0.5, 0.6) is 0 Å². The van der Waals surface area contributed by atoms with Crippen LogP contribution in [0.1, 0.15) is 30.8 Å². The molecule has 0 spiro atoms. The number of amides is 1. The number of carbonyl (C=O) groups is 1. The molecule has 126 valence electrons. The van der Waals surface area contributed by atoms with Gasteiger partial charge in [-0.3, -0.25) is 4.79 Å². The first-order valence-corrected chi connectivity index (χ1v) is 8.75. The summed E-state index contributed by atoms with van der Waals surface area (Å²) in [5, 5.41) is 3.33. The van der Waals surface area contributed by atoms with Crippen molar-refractivity contribution in [3.05, 3.63) is 42.1 Å². The van der Waals surface area contributed by atoms with E-state index in [1.807, 2.05) is 29.3 Å². The van der Waals surface area contributed by atoms with Crippen molar-refractivity contribution in [2.45, 2.75) is 38.8 Å². The molecule has 0 aromatic carbocycles. The van der Waals surface area contributed by atoms with Crippen molar-refractivity contribution in [1.82, 2.24) is 19.4 Å². The maximum absolute atomic E-state index is 12.3. The van der Waals surface area contributed by atoms with Gasteiger partial charge in [0.15, 0.2) is 0 Å². The van der Waals surface area contributed by atoms with Crippen molar-refractivity contribution < 1.29 is 4.79 Å². The molecule has 1 N–H and O–H groups in total. The van der Waals surface area contributed by atoms with E-state index in [1.165, 1.54) is 12.8 Å². The second-order valence-electron chi connectivity index (χ2n) is 6.66. The van der Waals surface area contributed by atoms with Crippen molar-refractivity contribution in [2.75, 3.05) is 18.4 Å². The number of carbonyl (C=O) groups excluding carboxylic acids is 1. The van der Waals surface area contributed by atoms with Crippen LogP contribution in [0.15, 0.2) is 30.6 Å². The third-order valence-corrected chi connectivity index (χ3v) is 4.85. The highest BCUT2D eigenvalue weighted by Crippen LogP contribution is 2.33. The second kappa shape index (κ2) is 6.63. The zero-order chi connectivity index (χ0) is 16.4. The third-order valence-electron chi connectivity index (χ3n) is 4.85. The summed E-state index contributed by atoms with van der Waals surface area (Å²) >= 11 is 0. The van der Waals surface area contributed by atoms with Crippen LogP contribution < -0.4 is 5.32 Å². The van der Waals surface area contributed by atoms with E-state index in [4.69, 9.17) is 0 Å². The minimum Gasteiger partial charge on any atom is -0.364 e. The van der Waals surface area contributed by atoms with Gasteiger partial charge in [0.1, 0.15) is 11.6 Å². The molecule has 2 aromatic heterocycles. The molecular formula is C18H23N5O. The molecule has 0 radical (unpaired) electrons. The molecule has 6 heteroatoms. The molecule has 6 nitrogen and oxygen atoms in total. The number of rotatable bonds is 5. The number of nitrogens with zero attached hydrogens (tertiary/aromatic N) is 4. The highest BCUT2D eigenvalue weighted by atomic mass is 16.2. The monoisotopic (exact) mass is 325 g/mol. The zero-order valence-electron chi connectivity index (χ0n) is 13.8. The number of anilines is 1. The van der Waals surface area contributed by atoms with Crippen LogP contribution in [0.3, 0.4) is 0 Å². The fraction of sp³-hybridized carbons (Fsp3) is 0.500. The summed E-state index contributed by atoms with van der Waals surface area (Å²) in [5.74, 6) is 2.91. The fourth-order valence-corrected chi connectivity index (χ4v) is 3.23. The van der Waals surface area contributed by atoms with Crippen LogP contribution in [0, 0.1) is 5.92 Å². The first kappa shape index (κ1) is 15.2. The summed E-state index contributed by atoms with van der Waals surface area (Å²) in [7, 11) is 0. The average Bonchev–Trinajstić information content (AvgIpc) is 3.37. The van der Waals surface area contributed by atoms with Gasteiger partial charge in [-0.2, -0.15) is 0 Å². The summed E-state index contributed by atoms with van der Waals surface area (Å²) in [6.07, 6.45) is 7.74. The van der Waals surface area contributed by atoms with Crippen LogP contribution in [-0.4, -0.2) is 38.4 Å². The Morgan fingerprint density at radius 3 is 2.92 bits per heavy atom. The largest absolute Gasteiger partial charge is 0.364 e. The van der Waals surface area contributed by atoms with E-state index < -0.39 is 0 Å². The molecule has 0 atom stereocenters. The Hall–Kier alpha value is -2.37. The molecule has 1 aliphatic carbocycles. The van der Waals surface area contributed by atoms with Crippen LogP contribution in [0.4, 0.5) is 5.82 Å². The van der Waals surface area contributed by atoms with Gasteiger partial charge in [0.25, 0.3) is 0 Å². The maximum atomic E-state index is 12.3. The Morgan fingerprint density at radius 2 is 2.12 bits per heavy atom. The Labute approximate surface area is 141 Å². The number of pyridine rings is 1. The lowest BCUT2D eigenvalue weighted by atomic mass is 10.2. The molecule has 1 amide bonds. The molecule has 0 bridgehead atoms. The van der Waals surface area contributed by atoms with Gasteiger partial charge in [0.05, 0.1) is 18.4 Å². The van der Waals surface area contributed by atoms with E-state index in [0.29, 0.717) is 18.4 Å². The number of aromatic nitrogens is 3. The van der Waals surface area contributed by atoms with Gasteiger partial charge in [-0.25, -0.2) is 9.97 Å². The van der Waals surface area contributed by atoms with Crippen LogP contribution >= 0.6 is 0 Å². The van der Waals surface area contributed by atoms with Crippen LogP contribution in [0.25, 0.3) is 0 Å². The van der Waals surface area contributed by atoms with Gasteiger partial charge in [-0.05, 0) is 30.9 Å². The van der Waals surface area contributed by atoms with Gasteiger partial charge in [0, 0.05) is 38.7 Å². The van der Waals surface area contributed by atoms with E-state index in [9.17, 15) is 4.79 Å². The highest BCUT2D eigenvalue weighted by molar-refractivity contribution is 5.76. The van der Waals surface area contributed by atoms with Gasteiger partial charge in [-0.15, -0.1) is 0 Å². The van der Waals surface area contributed by atoms with Crippen molar-refractivity contribution in [2.24, 2.45) is 5.92 Å². The Morgan fingerprint density at radius 1 is 1.21 bits per heavy atom. The van der Waals surface area contributed by atoms with E-state index >= 15 is 0 Å². The number of nitrogens with one attached hydrogen (secondary N) is 1. The maximum Gasteiger partial charge on any atom is 0.222 e. The normalized spacial score (nSPS) is 17.2. The van der Waals surface area contributed by atoms with E-state index in [2.05, 4.69) is 19.9 Å². The fourth-order valence-electron chi connectivity index (χ4n) is 3.23. The zero-order valence-corrected chi connectivity index (χ0v) is 13.8. The minimum atomic E-state index is 0.316. The molecule has 0 saturated heterocycles. The van der Waals surface area contributed by atoms with Crippen molar-refractivity contribution >= 4 is 11.7 Å². The van der Waals surface area contributed by atoms with E-state index in [1.54, 1.807) is 6.20 Å². The third kappa shape index (κ3) is 3.42. The minimum absolute atomic E-state index is 0.316. The van der Waals surface area contributed by atoms with Crippen molar-refractivity contribution in [1.29, 1.82) is 0 Å². The predicted molar refractivity (Wildman–Crippen MR) is 91.4 cm³/mol. The predicted octanol–water partition coefficient (Wildman–Crippen LogP) is 2.08. The van der Waals surface area contributed by atoms with Gasteiger partial charge >= 0.3 is 0 Å². The first-order valence-electron chi connectivity index (χ1n) is 8.75. The molecule has 0 unspecified atom stereocenters. The van der Waals surface area contributed by atoms with Gasteiger partial charge in [-0.1, -0.05) is 6.07 Å². The summed E-state index contributed by atoms with van der Waals surface area (Å²) in [6, 6.07) is 5.83. The lowest BCUT2D eigenvalue weighted by Gasteiger charge is -2.20. The molecule has 24 heavy (non-hydrogen) atoms. The lowest BCUT2D eigenvalue weighted by molar-refractivity contribution is -0.131. The molecule has 4 rings (SSSR count). The number of hydrogen-bond acceptors (Lipinski definition) is 4. The molecule has 3 heterocycles. The quantitative estimate of drug-likeness (QED) is 0.914. The molecule has 2 aromatic rings. The standard InChI is InChI=1S/C18H23N5O/c24-18(11-14-4-5-14)22-8-6-17-21-13-15(23(17)10-9-22)12-20-16-3-1-2-7-19-16/h1-3,7,13-14H,4-6,8-12H2,(H,19,20). The summed E-state index contributed by atoms with van der Waals surface area (Å²) in [4.78, 5) is 23.2. The molecule has 2 aliphatic rings. The second-order valence-corrected chi connectivity index (χ2v) is 6.66. The summed E-state index contributed by atoms with van der Waals surface area (Å²) < 4.78 is 2.25. The molecule has 1 aliphatic heterocycles. The smallest absolute Gasteiger partial charge is 0.222 e. The Kier molecular flexibility index (Phi) is 4.19. The van der Waals surface area contributed by atoms with E-state index in [0.717, 1.165) is 49.8 Å². The van der Waals surface area contributed by atoms with Crippen molar-refractivity contribution in [3.63, 3.8) is 0 Å². The van der Waals surface area contributed by atoms with Crippen LogP contribution in [0.2, 0.25) is 0 Å². The molecule has 1 saturated carbocycles. The topological polar surface area (TPSA) is 63.1 Å². The van der Waals surface area contributed by atoms with E-state index in [-0.39, 0.29) is 0 Å². The Balaban J connectivity index is 1.39. The molecule has 1 fully saturated rings. The number of hydrogen-bond donors (Lipinski definition) is 1. The van der Waals surface area contributed by atoms with Crippen LogP contribution in [-0.2, 0) is 24.3 Å². The van der Waals surface area contributed by atoms with Gasteiger partial charge in [0.2, 0.25) is 5.91 Å². The van der Waals surface area contributed by atoms with Gasteiger partial charge < -0.3 is 14.8 Å². The van der Waals surface area contributed by atoms with Crippen molar-refractivity contribution in [3.8, 4) is 0 Å². The number of imidazole rings is 1. The lowest BCUT2D eigenvalue weighted by Crippen LogP contribution is -2.33. The Bertz CT molecular complexity index is 707. The SMILES string of the molecule is O=C(CC1CC1)N1CCc2ncc(CNc3ccccn3)n2CC1. The summed E-state index contributed by atoms with van der Waals surface area (Å²) in [6.45, 7) is 3.09. The summed E-state index contributed by atoms with van der Waals surface area (Å²) in [5.41, 5.74) is 1.15. The first-order chi connectivity index (χ1) is 11.8. The average molecular weight is 325 g/mol. The highest BCUT2D eigenvalue weighted by Gasteiger charge is 2.28. The number of fused-ring (bicyclic) bond motifs is 1. The molecular weight excluding hydrogens is 302 g/mol.